The zero-order valence-electron chi connectivity index (χ0n) is 9.29. The fourth-order valence-electron chi connectivity index (χ4n) is 0.772. The molecule has 0 aliphatic carbocycles. The monoisotopic (exact) mass is 235 g/mol. The number of carbonyl (C=O) groups excluding carboxylic acids is 1. The Labute approximate surface area is 95.3 Å². The van der Waals surface area contributed by atoms with Crippen molar-refractivity contribution in [1.29, 1.82) is 0 Å². The Morgan fingerprint density at radius 2 is 2.20 bits per heavy atom. The van der Waals surface area contributed by atoms with Crippen LogP contribution in [0.4, 0.5) is 4.79 Å². The number of nitrogens with one attached hydrogen (secondary N) is 1. The van der Waals surface area contributed by atoms with E-state index < -0.39 is 23.2 Å². The fraction of sp³-hybridized carbons (Fsp3) is 0.700. The molecule has 88 valence electrons. The van der Waals surface area contributed by atoms with Crippen LogP contribution < -0.4 is 5.32 Å². The quantitative estimate of drug-likeness (QED) is 0.576. The van der Waals surface area contributed by atoms with E-state index in [9.17, 15) is 9.90 Å². The Hall–Kier alpha value is -0.740. The molecule has 0 rings (SSSR count). The van der Waals surface area contributed by atoms with Gasteiger partial charge >= 0.3 is 6.09 Å². The van der Waals surface area contributed by atoms with E-state index in [0.29, 0.717) is 0 Å². The third kappa shape index (κ3) is 7.22. The maximum absolute atomic E-state index is 11.2. The van der Waals surface area contributed by atoms with Gasteiger partial charge in [0.2, 0.25) is 0 Å². The van der Waals surface area contributed by atoms with Crippen LogP contribution in [0.1, 0.15) is 20.8 Å². The van der Waals surface area contributed by atoms with Crippen LogP contribution in [-0.4, -0.2) is 34.8 Å². The van der Waals surface area contributed by atoms with Crippen molar-refractivity contribution in [2.24, 2.45) is 0 Å². The SMILES string of the molecule is C=C[C@H](Cl)[C@@H](O)CNC(=O)OC(C)(C)C. The molecule has 15 heavy (non-hydrogen) atoms. The first-order chi connectivity index (χ1) is 6.76. The number of alkyl carbamates (subject to hydrolysis) is 1. The second-order valence-electron chi connectivity index (χ2n) is 4.13. The molecular formula is C10H18ClNO3. The molecule has 2 N–H and O–H groups in total. The molecule has 0 unspecified atom stereocenters. The van der Waals surface area contributed by atoms with Gasteiger partial charge in [0, 0.05) is 6.54 Å². The smallest absolute Gasteiger partial charge is 0.407 e. The van der Waals surface area contributed by atoms with E-state index in [2.05, 4.69) is 11.9 Å². The number of rotatable bonds is 4. The van der Waals surface area contributed by atoms with E-state index in [0.717, 1.165) is 0 Å². The minimum atomic E-state index is -0.864. The number of hydrogen-bond donors (Lipinski definition) is 2. The molecule has 0 aliphatic rings. The highest BCUT2D eigenvalue weighted by Crippen LogP contribution is 2.07. The fourth-order valence-corrected chi connectivity index (χ4v) is 0.861. The molecule has 1 amide bonds. The third-order valence-corrected chi connectivity index (χ3v) is 1.92. The molecule has 0 aromatic carbocycles. The molecule has 0 saturated heterocycles. The second kappa shape index (κ2) is 5.98. The normalized spacial score (nSPS) is 15.3. The van der Waals surface area contributed by atoms with Gasteiger partial charge in [0.05, 0.1) is 11.5 Å². The molecule has 0 aromatic rings. The van der Waals surface area contributed by atoms with Gasteiger partial charge < -0.3 is 15.2 Å². The van der Waals surface area contributed by atoms with Crippen molar-refractivity contribution >= 4 is 17.7 Å². The predicted molar refractivity (Wildman–Crippen MR) is 60.1 cm³/mol. The van der Waals surface area contributed by atoms with Crippen molar-refractivity contribution < 1.29 is 14.6 Å². The molecule has 0 fully saturated rings. The Kier molecular flexibility index (Phi) is 5.68. The highest BCUT2D eigenvalue weighted by Gasteiger charge is 2.18. The summed E-state index contributed by atoms with van der Waals surface area (Å²) in [7, 11) is 0. The Bertz CT molecular complexity index is 225. The lowest BCUT2D eigenvalue weighted by molar-refractivity contribution is 0.0494. The van der Waals surface area contributed by atoms with Crippen LogP contribution in [0.25, 0.3) is 0 Å². The van der Waals surface area contributed by atoms with E-state index in [-0.39, 0.29) is 6.54 Å². The molecule has 5 heteroatoms. The summed E-state index contributed by atoms with van der Waals surface area (Å²) in [6, 6.07) is 0. The highest BCUT2D eigenvalue weighted by molar-refractivity contribution is 6.22. The van der Waals surface area contributed by atoms with Gasteiger partial charge in [-0.15, -0.1) is 18.2 Å². The average molecular weight is 236 g/mol. The third-order valence-electron chi connectivity index (χ3n) is 1.45. The van der Waals surface area contributed by atoms with Crippen molar-refractivity contribution in [3.63, 3.8) is 0 Å². The lowest BCUT2D eigenvalue weighted by Gasteiger charge is -2.21. The molecule has 2 atom stereocenters. The van der Waals surface area contributed by atoms with Crippen LogP contribution in [0.2, 0.25) is 0 Å². The average Bonchev–Trinajstić information content (AvgIpc) is 2.10. The maximum Gasteiger partial charge on any atom is 0.407 e. The Morgan fingerprint density at radius 1 is 1.67 bits per heavy atom. The zero-order chi connectivity index (χ0) is 12.1. The molecule has 0 aliphatic heterocycles. The lowest BCUT2D eigenvalue weighted by atomic mass is 10.2. The van der Waals surface area contributed by atoms with Gasteiger partial charge in [0.1, 0.15) is 5.60 Å². The maximum atomic E-state index is 11.2. The number of hydrogen-bond acceptors (Lipinski definition) is 3. The molecule has 0 aromatic heterocycles. The van der Waals surface area contributed by atoms with E-state index >= 15 is 0 Å². The van der Waals surface area contributed by atoms with E-state index in [1.807, 2.05) is 0 Å². The van der Waals surface area contributed by atoms with Crippen molar-refractivity contribution in [1.82, 2.24) is 5.32 Å². The minimum Gasteiger partial charge on any atom is -0.444 e. The molecule has 0 spiro atoms. The first-order valence-electron chi connectivity index (χ1n) is 4.68. The largest absolute Gasteiger partial charge is 0.444 e. The van der Waals surface area contributed by atoms with Gasteiger partial charge in [0.15, 0.2) is 0 Å². The number of amides is 1. The van der Waals surface area contributed by atoms with E-state index in [1.54, 1.807) is 20.8 Å². The predicted octanol–water partition coefficient (Wildman–Crippen LogP) is 1.67. The summed E-state index contributed by atoms with van der Waals surface area (Å²) < 4.78 is 4.97. The number of halogens is 1. The van der Waals surface area contributed by atoms with Crippen LogP contribution in [0.5, 0.6) is 0 Å². The van der Waals surface area contributed by atoms with Crippen molar-refractivity contribution in [3.8, 4) is 0 Å². The van der Waals surface area contributed by atoms with Gasteiger partial charge in [-0.3, -0.25) is 0 Å². The summed E-state index contributed by atoms with van der Waals surface area (Å²) >= 11 is 5.67. The van der Waals surface area contributed by atoms with Gasteiger partial charge in [-0.2, -0.15) is 0 Å². The zero-order valence-corrected chi connectivity index (χ0v) is 10.0. The summed E-state index contributed by atoms with van der Waals surface area (Å²) in [5, 5.41) is 11.2. The van der Waals surface area contributed by atoms with Crippen molar-refractivity contribution in [2.75, 3.05) is 6.54 Å². The summed E-state index contributed by atoms with van der Waals surface area (Å²) in [6.07, 6.45) is -0.0330. The highest BCUT2D eigenvalue weighted by atomic mass is 35.5. The summed E-state index contributed by atoms with van der Waals surface area (Å²) in [4.78, 5) is 11.2. The number of alkyl halides is 1. The summed E-state index contributed by atoms with van der Waals surface area (Å²) in [5.74, 6) is 0. The molecule has 0 heterocycles. The number of carbonyl (C=O) groups is 1. The second-order valence-corrected chi connectivity index (χ2v) is 4.63. The first kappa shape index (κ1) is 14.3. The molecule has 0 bridgehead atoms. The van der Waals surface area contributed by atoms with Crippen LogP contribution in [0.3, 0.4) is 0 Å². The molecule has 4 nitrogen and oxygen atoms in total. The summed E-state index contributed by atoms with van der Waals surface area (Å²) in [5.41, 5.74) is -0.548. The molecular weight excluding hydrogens is 218 g/mol. The van der Waals surface area contributed by atoms with Gasteiger partial charge in [-0.1, -0.05) is 6.08 Å². The molecule has 0 saturated carbocycles. The van der Waals surface area contributed by atoms with Crippen LogP contribution >= 0.6 is 11.6 Å². The van der Waals surface area contributed by atoms with Crippen LogP contribution in [0.15, 0.2) is 12.7 Å². The molecule has 0 radical (unpaired) electrons. The lowest BCUT2D eigenvalue weighted by Crippen LogP contribution is -2.39. The van der Waals surface area contributed by atoms with Gasteiger partial charge in [-0.05, 0) is 20.8 Å². The number of aliphatic hydroxyl groups is 1. The van der Waals surface area contributed by atoms with Gasteiger partial charge in [0.25, 0.3) is 0 Å². The summed E-state index contributed by atoms with van der Waals surface area (Å²) in [6.45, 7) is 8.75. The topological polar surface area (TPSA) is 58.6 Å². The number of aliphatic hydroxyl groups excluding tert-OH is 1. The minimum absolute atomic E-state index is 0.0368. The van der Waals surface area contributed by atoms with Gasteiger partial charge in [-0.25, -0.2) is 4.79 Å². The first-order valence-corrected chi connectivity index (χ1v) is 5.11. The van der Waals surface area contributed by atoms with Crippen LogP contribution in [-0.2, 0) is 4.74 Å². The Balaban J connectivity index is 3.86. The van der Waals surface area contributed by atoms with Crippen molar-refractivity contribution in [3.05, 3.63) is 12.7 Å². The van der Waals surface area contributed by atoms with E-state index in [4.69, 9.17) is 16.3 Å². The van der Waals surface area contributed by atoms with Crippen LogP contribution in [0, 0.1) is 0 Å². The van der Waals surface area contributed by atoms with Crippen molar-refractivity contribution in [2.45, 2.75) is 37.9 Å². The number of ether oxygens (including phenoxy) is 1. The standard InChI is InChI=1S/C10H18ClNO3/c1-5-7(11)8(13)6-12-9(14)15-10(2,3)4/h5,7-8,13H,1,6H2,2-4H3,(H,12,14)/t7-,8-/m0/s1. The Morgan fingerprint density at radius 3 is 2.60 bits per heavy atom. The van der Waals surface area contributed by atoms with E-state index in [1.165, 1.54) is 6.08 Å².